The maximum absolute atomic E-state index is 12.6. The van der Waals surface area contributed by atoms with Gasteiger partial charge >= 0.3 is 36.7 Å². The van der Waals surface area contributed by atoms with Gasteiger partial charge in [0.1, 0.15) is 0 Å². The Morgan fingerprint density at radius 3 is 1.30 bits per heavy atom. The fourth-order valence-corrected chi connectivity index (χ4v) is 0.712. The van der Waals surface area contributed by atoms with E-state index < -0.39 is 42.5 Å². The summed E-state index contributed by atoms with van der Waals surface area (Å²) >= 11 is 0. The van der Waals surface area contributed by atoms with Crippen LogP contribution in [0.1, 0.15) is 0 Å². The first-order valence-corrected chi connectivity index (χ1v) is 4.46. The number of hydrogen-bond acceptors (Lipinski definition) is 2. The minimum atomic E-state index is -7.35. The zero-order valence-electron chi connectivity index (χ0n) is 9.61. The summed E-state index contributed by atoms with van der Waals surface area (Å²) < 4.78 is 171. The molecule has 23 heavy (non-hydrogen) atoms. The van der Waals surface area contributed by atoms with Gasteiger partial charge in [0.25, 0.3) is 5.83 Å². The summed E-state index contributed by atoms with van der Waals surface area (Å²) in [5.74, 6) is -11.5. The van der Waals surface area contributed by atoms with Crippen molar-refractivity contribution in [3.63, 3.8) is 0 Å². The van der Waals surface area contributed by atoms with Gasteiger partial charge in [0, 0.05) is 0 Å². The predicted octanol–water partition coefficient (Wildman–Crippen LogP) is 5.03. The Kier molecular flexibility index (Phi) is 5.49. The van der Waals surface area contributed by atoms with E-state index in [1.165, 1.54) is 4.74 Å². The fraction of sp³-hybridized carbons (Fsp3) is 0.714. The predicted molar refractivity (Wildman–Crippen MR) is 38.4 cm³/mol. The van der Waals surface area contributed by atoms with Crippen molar-refractivity contribution in [3.8, 4) is 0 Å². The van der Waals surface area contributed by atoms with E-state index in [1.807, 2.05) is 0 Å². The van der Waals surface area contributed by atoms with E-state index in [-0.39, 0.29) is 0 Å². The molecule has 138 valence electrons. The van der Waals surface area contributed by atoms with Gasteiger partial charge in [0.2, 0.25) is 0 Å². The van der Waals surface area contributed by atoms with Crippen LogP contribution in [0.3, 0.4) is 0 Å². The second kappa shape index (κ2) is 5.86. The average molecular weight is 382 g/mol. The molecule has 2 nitrogen and oxygen atoms in total. The van der Waals surface area contributed by atoms with Gasteiger partial charge < -0.3 is 4.74 Å². The lowest BCUT2D eigenvalue weighted by atomic mass is 10.3. The highest BCUT2D eigenvalue weighted by Crippen LogP contribution is 2.50. The van der Waals surface area contributed by atoms with Crippen LogP contribution in [-0.4, -0.2) is 30.7 Å². The zero-order chi connectivity index (χ0) is 19.1. The Morgan fingerprint density at radius 2 is 1.00 bits per heavy atom. The second-order valence-electron chi connectivity index (χ2n) is 3.34. The summed E-state index contributed by atoms with van der Waals surface area (Å²) in [6, 6.07) is -4.12. The molecule has 0 spiro atoms. The van der Waals surface area contributed by atoms with Crippen LogP contribution in [0.2, 0.25) is 0 Å². The Labute approximate surface area is 115 Å². The molecule has 0 fully saturated rings. The van der Waals surface area contributed by atoms with Crippen LogP contribution >= 0.6 is 0 Å². The standard InChI is InChI=1S/C7F14O2/c8-1(3(10,11)12)2(9)22-5(15,16)4(13,14)6(17,18)23-7(19,20)21/b2-1-. The summed E-state index contributed by atoms with van der Waals surface area (Å²) in [4.78, 5) is 0. The van der Waals surface area contributed by atoms with Crippen molar-refractivity contribution in [2.24, 2.45) is 0 Å². The summed E-state index contributed by atoms with van der Waals surface area (Å²) in [7, 11) is 0. The summed E-state index contributed by atoms with van der Waals surface area (Å²) in [5, 5.41) is 0. The topological polar surface area (TPSA) is 18.5 Å². The van der Waals surface area contributed by atoms with Crippen LogP contribution < -0.4 is 0 Å². The average Bonchev–Trinajstić information content (AvgIpc) is 2.21. The van der Waals surface area contributed by atoms with E-state index in [9.17, 15) is 61.5 Å². The molecule has 16 heteroatoms. The third kappa shape index (κ3) is 5.00. The highest BCUT2D eigenvalue weighted by Gasteiger charge is 2.78. The van der Waals surface area contributed by atoms with Crippen molar-refractivity contribution in [3.05, 3.63) is 11.8 Å². The quantitative estimate of drug-likeness (QED) is 0.491. The fourth-order valence-electron chi connectivity index (χ4n) is 0.712. The van der Waals surface area contributed by atoms with Gasteiger partial charge in [-0.25, -0.2) is 4.74 Å². The number of allylic oxidation sites excluding steroid dienone is 1. The lowest BCUT2D eigenvalue weighted by molar-refractivity contribution is -0.505. The Morgan fingerprint density at radius 1 is 0.609 bits per heavy atom. The highest BCUT2D eigenvalue weighted by atomic mass is 19.4. The number of alkyl halides is 12. The highest BCUT2D eigenvalue weighted by molar-refractivity contribution is 5.01. The monoisotopic (exact) mass is 382 g/mol. The van der Waals surface area contributed by atoms with Crippen LogP contribution in [0.25, 0.3) is 0 Å². The van der Waals surface area contributed by atoms with Crippen molar-refractivity contribution in [2.75, 3.05) is 0 Å². The Bertz CT molecular complexity index is 457. The number of hydrogen-bond donors (Lipinski definition) is 0. The molecule has 0 radical (unpaired) electrons. The maximum atomic E-state index is 12.6. The first-order valence-electron chi connectivity index (χ1n) is 4.46. The number of halogens is 14. The molecule has 0 aliphatic carbocycles. The molecule has 0 unspecified atom stereocenters. The van der Waals surface area contributed by atoms with Crippen molar-refractivity contribution in [1.82, 2.24) is 0 Å². The Hall–Kier alpha value is -1.48. The minimum absolute atomic E-state index is 1.39. The molecule has 0 rings (SSSR count). The molecule has 0 heterocycles. The van der Waals surface area contributed by atoms with Gasteiger partial charge in [0.05, 0.1) is 0 Å². The third-order valence-electron chi connectivity index (χ3n) is 1.61. The molecule has 0 aliphatic rings. The van der Waals surface area contributed by atoms with E-state index in [0.717, 1.165) is 0 Å². The van der Waals surface area contributed by atoms with Crippen molar-refractivity contribution in [2.45, 2.75) is 30.7 Å². The van der Waals surface area contributed by atoms with E-state index in [1.54, 1.807) is 4.74 Å². The molecule has 0 aromatic carbocycles. The van der Waals surface area contributed by atoms with E-state index in [2.05, 4.69) is 0 Å². The van der Waals surface area contributed by atoms with Gasteiger partial charge in [0.15, 0.2) is 0 Å². The van der Waals surface area contributed by atoms with Gasteiger partial charge in [-0.05, 0) is 0 Å². The van der Waals surface area contributed by atoms with Crippen molar-refractivity contribution >= 4 is 0 Å². The summed E-state index contributed by atoms with van der Waals surface area (Å²) in [5.41, 5.74) is 0. The van der Waals surface area contributed by atoms with Crippen molar-refractivity contribution < 1.29 is 70.9 Å². The summed E-state index contributed by atoms with van der Waals surface area (Å²) in [6.07, 6.45) is -27.1. The number of rotatable bonds is 5. The normalized spacial score (nSPS) is 16.3. The molecule has 0 aromatic rings. The lowest BCUT2D eigenvalue weighted by Crippen LogP contribution is -2.57. The molecular formula is C7F14O2. The van der Waals surface area contributed by atoms with Gasteiger partial charge in [-0.3, -0.25) is 0 Å². The molecule has 0 saturated carbocycles. The van der Waals surface area contributed by atoms with Gasteiger partial charge in [-0.1, -0.05) is 0 Å². The first-order chi connectivity index (χ1) is 9.75. The van der Waals surface area contributed by atoms with Gasteiger partial charge in [-0.15, -0.1) is 13.2 Å². The molecule has 0 amide bonds. The lowest BCUT2D eigenvalue weighted by Gasteiger charge is -2.31. The SMILES string of the molecule is F/C(OC(F)(F)C(F)(F)C(F)(F)OC(F)(F)F)=C(/F)C(F)(F)F. The van der Waals surface area contributed by atoms with E-state index >= 15 is 0 Å². The van der Waals surface area contributed by atoms with Crippen LogP contribution in [0.15, 0.2) is 11.8 Å². The molecule has 0 N–H and O–H groups in total. The van der Waals surface area contributed by atoms with Gasteiger partial charge in [-0.2, -0.15) is 48.3 Å². The van der Waals surface area contributed by atoms with Crippen LogP contribution in [-0.2, 0) is 9.47 Å². The molecule has 0 aliphatic heterocycles. The van der Waals surface area contributed by atoms with E-state index in [0.29, 0.717) is 0 Å². The van der Waals surface area contributed by atoms with Crippen LogP contribution in [0.4, 0.5) is 61.5 Å². The first kappa shape index (κ1) is 21.5. The third-order valence-corrected chi connectivity index (χ3v) is 1.61. The van der Waals surface area contributed by atoms with Crippen LogP contribution in [0, 0.1) is 0 Å². The molecular weight excluding hydrogens is 382 g/mol. The van der Waals surface area contributed by atoms with Crippen molar-refractivity contribution in [1.29, 1.82) is 0 Å². The second-order valence-corrected chi connectivity index (χ2v) is 3.34. The molecule has 0 atom stereocenters. The summed E-state index contributed by atoms with van der Waals surface area (Å²) in [6.45, 7) is 0. The minimum Gasteiger partial charge on any atom is -0.399 e. The maximum Gasteiger partial charge on any atom is 0.527 e. The number of ether oxygens (including phenoxy) is 2. The largest absolute Gasteiger partial charge is 0.527 e. The zero-order valence-corrected chi connectivity index (χ0v) is 9.61. The van der Waals surface area contributed by atoms with Crippen LogP contribution in [0.5, 0.6) is 0 Å². The molecule has 0 aromatic heterocycles. The molecule has 0 bridgehead atoms. The Balaban J connectivity index is 5.65. The smallest absolute Gasteiger partial charge is 0.399 e. The van der Waals surface area contributed by atoms with E-state index in [4.69, 9.17) is 0 Å². The molecule has 0 saturated heterocycles.